The average molecular weight is 277 g/mol. The van der Waals surface area contributed by atoms with Gasteiger partial charge in [-0.3, -0.25) is 14.4 Å². The summed E-state index contributed by atoms with van der Waals surface area (Å²) >= 11 is 0. The Morgan fingerprint density at radius 2 is 1.33 bits per heavy atom. The van der Waals surface area contributed by atoms with Crippen molar-refractivity contribution in [3.05, 3.63) is 83.6 Å². The smallest absolute Gasteiger partial charge is 0.265 e. The molecule has 1 aliphatic heterocycles. The lowest BCUT2D eigenvalue weighted by atomic mass is 10.1. The topological polar surface area (TPSA) is 54.5 Å². The predicted octanol–water partition coefficient (Wildman–Crippen LogP) is 2.68. The number of benzene rings is 2. The lowest BCUT2D eigenvalue weighted by Crippen LogP contribution is -2.23. The second-order valence-electron chi connectivity index (χ2n) is 4.57. The van der Waals surface area contributed by atoms with E-state index in [-0.39, 0.29) is 5.78 Å². The highest BCUT2D eigenvalue weighted by Crippen LogP contribution is 2.22. The molecule has 4 heteroatoms. The zero-order valence-electron chi connectivity index (χ0n) is 11.0. The summed E-state index contributed by atoms with van der Waals surface area (Å²) in [7, 11) is 0. The monoisotopic (exact) mass is 277 g/mol. The van der Waals surface area contributed by atoms with Crippen molar-refractivity contribution >= 4 is 17.6 Å². The van der Waals surface area contributed by atoms with E-state index in [1.165, 1.54) is 12.3 Å². The van der Waals surface area contributed by atoms with Crippen LogP contribution in [0.3, 0.4) is 0 Å². The summed E-state index contributed by atoms with van der Waals surface area (Å²) in [4.78, 5) is 37.1. The molecule has 0 bridgehead atoms. The summed E-state index contributed by atoms with van der Waals surface area (Å²) < 4.78 is 0. The molecule has 2 aromatic rings. The maximum atomic E-state index is 12.1. The van der Waals surface area contributed by atoms with Crippen LogP contribution in [0.25, 0.3) is 0 Å². The van der Waals surface area contributed by atoms with Crippen LogP contribution in [0.15, 0.2) is 66.9 Å². The van der Waals surface area contributed by atoms with E-state index in [2.05, 4.69) is 0 Å². The van der Waals surface area contributed by atoms with Gasteiger partial charge in [-0.25, -0.2) is 4.90 Å². The number of hydrogen-bond acceptors (Lipinski definition) is 3. The van der Waals surface area contributed by atoms with Crippen molar-refractivity contribution in [1.29, 1.82) is 0 Å². The number of nitrogens with zero attached hydrogens (tertiary/aromatic N) is 1. The Morgan fingerprint density at radius 3 is 1.90 bits per heavy atom. The fourth-order valence-electron chi connectivity index (χ4n) is 2.18. The Hall–Kier alpha value is -3.01. The summed E-state index contributed by atoms with van der Waals surface area (Å²) in [6.07, 6.45) is 2.47. The van der Waals surface area contributed by atoms with E-state index in [4.69, 9.17) is 0 Å². The molecule has 0 radical (unpaired) electrons. The quantitative estimate of drug-likeness (QED) is 0.492. The Bertz CT molecular complexity index is 728. The number of imide groups is 1. The predicted molar refractivity (Wildman–Crippen MR) is 76.9 cm³/mol. The van der Waals surface area contributed by atoms with Gasteiger partial charge in [0.25, 0.3) is 11.8 Å². The second kappa shape index (κ2) is 5.17. The highest BCUT2D eigenvalue weighted by Gasteiger charge is 2.33. The molecule has 0 spiro atoms. The van der Waals surface area contributed by atoms with E-state index in [9.17, 15) is 14.4 Å². The molecule has 2 aromatic carbocycles. The fourth-order valence-corrected chi connectivity index (χ4v) is 2.18. The summed E-state index contributed by atoms with van der Waals surface area (Å²) in [6, 6.07) is 15.3. The molecule has 1 heterocycles. The first-order valence-electron chi connectivity index (χ1n) is 6.43. The van der Waals surface area contributed by atoms with Crippen molar-refractivity contribution in [3.63, 3.8) is 0 Å². The molecular weight excluding hydrogens is 266 g/mol. The molecule has 4 nitrogen and oxygen atoms in total. The van der Waals surface area contributed by atoms with Gasteiger partial charge in [0.15, 0.2) is 5.78 Å². The van der Waals surface area contributed by atoms with Gasteiger partial charge < -0.3 is 0 Å². The first kappa shape index (κ1) is 13.0. The SMILES string of the molecule is O=C(/C=C/N1C(=O)c2ccccc2C1=O)c1ccccc1. The molecule has 2 amide bonds. The molecule has 0 aromatic heterocycles. The van der Waals surface area contributed by atoms with Crippen molar-refractivity contribution < 1.29 is 14.4 Å². The van der Waals surface area contributed by atoms with Crippen LogP contribution in [0.5, 0.6) is 0 Å². The van der Waals surface area contributed by atoms with Gasteiger partial charge in [0, 0.05) is 17.8 Å². The standard InChI is InChI=1S/C17H11NO3/c19-15(12-6-2-1-3-7-12)10-11-18-16(20)13-8-4-5-9-14(13)17(18)21/h1-11H/b11-10+. The van der Waals surface area contributed by atoms with E-state index >= 15 is 0 Å². The molecule has 0 saturated carbocycles. The Labute approximate surface area is 121 Å². The molecule has 0 atom stereocenters. The zero-order valence-corrected chi connectivity index (χ0v) is 11.0. The van der Waals surface area contributed by atoms with Crippen LogP contribution < -0.4 is 0 Å². The molecule has 0 unspecified atom stereocenters. The number of amides is 2. The van der Waals surface area contributed by atoms with Crippen molar-refractivity contribution in [2.75, 3.05) is 0 Å². The van der Waals surface area contributed by atoms with Crippen LogP contribution in [0.1, 0.15) is 31.1 Å². The summed E-state index contributed by atoms with van der Waals surface area (Å²) in [5.74, 6) is -1.08. The molecule has 21 heavy (non-hydrogen) atoms. The van der Waals surface area contributed by atoms with Crippen LogP contribution in [0, 0.1) is 0 Å². The maximum absolute atomic E-state index is 12.1. The van der Waals surface area contributed by atoms with Crippen molar-refractivity contribution in [2.45, 2.75) is 0 Å². The summed E-state index contributed by atoms with van der Waals surface area (Å²) in [6.45, 7) is 0. The van der Waals surface area contributed by atoms with Crippen molar-refractivity contribution in [2.24, 2.45) is 0 Å². The van der Waals surface area contributed by atoms with Gasteiger partial charge in [-0.05, 0) is 12.1 Å². The van der Waals surface area contributed by atoms with E-state index in [0.717, 1.165) is 4.90 Å². The summed E-state index contributed by atoms with van der Waals surface area (Å²) in [5.41, 5.74) is 1.23. The third-order valence-corrected chi connectivity index (χ3v) is 3.26. The zero-order chi connectivity index (χ0) is 14.8. The lowest BCUT2D eigenvalue weighted by Gasteiger charge is -2.06. The molecule has 0 saturated heterocycles. The molecule has 0 aliphatic carbocycles. The first-order chi connectivity index (χ1) is 10.2. The number of rotatable bonds is 3. The second-order valence-corrected chi connectivity index (χ2v) is 4.57. The Balaban J connectivity index is 1.84. The van der Waals surface area contributed by atoms with Gasteiger partial charge in [-0.2, -0.15) is 0 Å². The molecular formula is C17H11NO3. The number of carbonyl (C=O) groups is 3. The Morgan fingerprint density at radius 1 is 0.810 bits per heavy atom. The maximum Gasteiger partial charge on any atom is 0.265 e. The third-order valence-electron chi connectivity index (χ3n) is 3.26. The van der Waals surface area contributed by atoms with E-state index in [1.807, 2.05) is 6.07 Å². The van der Waals surface area contributed by atoms with Gasteiger partial charge >= 0.3 is 0 Å². The largest absolute Gasteiger partial charge is 0.289 e. The number of carbonyl (C=O) groups excluding carboxylic acids is 3. The summed E-state index contributed by atoms with van der Waals surface area (Å²) in [5, 5.41) is 0. The van der Waals surface area contributed by atoms with Crippen LogP contribution >= 0.6 is 0 Å². The van der Waals surface area contributed by atoms with Gasteiger partial charge in [0.05, 0.1) is 11.1 Å². The van der Waals surface area contributed by atoms with Crippen LogP contribution in [0.2, 0.25) is 0 Å². The van der Waals surface area contributed by atoms with Gasteiger partial charge in [0.1, 0.15) is 0 Å². The number of fused-ring (bicyclic) bond motifs is 1. The normalized spacial score (nSPS) is 13.8. The lowest BCUT2D eigenvalue weighted by molar-refractivity contribution is 0.0721. The molecule has 0 fully saturated rings. The van der Waals surface area contributed by atoms with E-state index in [1.54, 1.807) is 48.5 Å². The molecule has 1 aliphatic rings. The average Bonchev–Trinajstić information content (AvgIpc) is 2.78. The van der Waals surface area contributed by atoms with Crippen LogP contribution in [-0.2, 0) is 0 Å². The van der Waals surface area contributed by atoms with Gasteiger partial charge in [-0.15, -0.1) is 0 Å². The Kier molecular flexibility index (Phi) is 3.20. The first-order valence-corrected chi connectivity index (χ1v) is 6.43. The number of hydrogen-bond donors (Lipinski definition) is 0. The van der Waals surface area contributed by atoms with Crippen molar-refractivity contribution in [3.8, 4) is 0 Å². The minimum absolute atomic E-state index is 0.257. The minimum atomic E-state index is -0.410. The van der Waals surface area contributed by atoms with Crippen molar-refractivity contribution in [1.82, 2.24) is 4.90 Å². The third kappa shape index (κ3) is 2.27. The van der Waals surface area contributed by atoms with Gasteiger partial charge in [0.2, 0.25) is 0 Å². The van der Waals surface area contributed by atoms with E-state index < -0.39 is 11.8 Å². The molecule has 3 rings (SSSR count). The number of allylic oxidation sites excluding steroid dienone is 1. The van der Waals surface area contributed by atoms with Crippen LogP contribution in [0.4, 0.5) is 0 Å². The van der Waals surface area contributed by atoms with Crippen LogP contribution in [-0.4, -0.2) is 22.5 Å². The van der Waals surface area contributed by atoms with E-state index in [0.29, 0.717) is 16.7 Å². The number of ketones is 1. The molecule has 102 valence electrons. The fraction of sp³-hybridized carbons (Fsp3) is 0. The van der Waals surface area contributed by atoms with Gasteiger partial charge in [-0.1, -0.05) is 42.5 Å². The molecule has 0 N–H and O–H groups in total. The highest BCUT2D eigenvalue weighted by molar-refractivity contribution is 6.22. The minimum Gasteiger partial charge on any atom is -0.289 e. The highest BCUT2D eigenvalue weighted by atomic mass is 16.2.